The third kappa shape index (κ3) is 3.14. The van der Waals surface area contributed by atoms with Gasteiger partial charge in [0.15, 0.2) is 0 Å². The van der Waals surface area contributed by atoms with Crippen LogP contribution in [-0.2, 0) is 6.54 Å². The van der Waals surface area contributed by atoms with Gasteiger partial charge in [-0.25, -0.2) is 4.39 Å². The van der Waals surface area contributed by atoms with Crippen LogP contribution < -0.4 is 5.73 Å². The predicted molar refractivity (Wildman–Crippen MR) is 45.6 cm³/mol. The number of hydrogen-bond donors (Lipinski definition) is 1. The fourth-order valence-corrected chi connectivity index (χ4v) is 0.664. The van der Waals surface area contributed by atoms with E-state index in [0.29, 0.717) is 5.56 Å². The average Bonchev–Trinajstić information content (AvgIpc) is 2.09. The Hall–Kier alpha value is -0.890. The van der Waals surface area contributed by atoms with Crippen LogP contribution in [0.25, 0.3) is 0 Å². The van der Waals surface area contributed by atoms with Crippen molar-refractivity contribution in [3.05, 3.63) is 35.6 Å². The molecule has 0 fully saturated rings. The number of halogens is 1. The molecule has 0 aliphatic carbocycles. The quantitative estimate of drug-likeness (QED) is 0.661. The van der Waals surface area contributed by atoms with Crippen LogP contribution in [-0.4, -0.2) is 0 Å². The van der Waals surface area contributed by atoms with E-state index in [0.717, 1.165) is 0 Å². The molecule has 11 heavy (non-hydrogen) atoms. The summed E-state index contributed by atoms with van der Waals surface area (Å²) in [6.45, 7) is 4.27. The maximum absolute atomic E-state index is 12.5. The molecule has 0 heterocycles. The van der Waals surface area contributed by atoms with Gasteiger partial charge in [0.25, 0.3) is 0 Å². The van der Waals surface area contributed by atoms with Crippen LogP contribution in [0, 0.1) is 5.82 Å². The largest absolute Gasteiger partial charge is 0.326 e. The lowest BCUT2D eigenvalue weighted by Crippen LogP contribution is -1.98. The number of nitrogens with two attached hydrogens (primary N) is 1. The molecule has 0 aliphatic rings. The van der Waals surface area contributed by atoms with Crippen molar-refractivity contribution in [2.45, 2.75) is 20.4 Å². The first-order valence-corrected chi connectivity index (χ1v) is 3.78. The van der Waals surface area contributed by atoms with E-state index in [1.807, 2.05) is 13.8 Å². The van der Waals surface area contributed by atoms with Crippen molar-refractivity contribution >= 4 is 0 Å². The topological polar surface area (TPSA) is 26.0 Å². The number of benzene rings is 1. The number of hydrogen-bond acceptors (Lipinski definition) is 1. The van der Waals surface area contributed by atoms with Crippen molar-refractivity contribution in [2.75, 3.05) is 0 Å². The van der Waals surface area contributed by atoms with Crippen molar-refractivity contribution in [1.29, 1.82) is 0 Å². The Morgan fingerprint density at radius 3 is 2.18 bits per heavy atom. The molecule has 0 bridgehead atoms. The first-order valence-electron chi connectivity index (χ1n) is 3.78. The molecule has 0 aliphatic heterocycles. The van der Waals surface area contributed by atoms with Gasteiger partial charge >= 0.3 is 0 Å². The molecule has 0 aromatic heterocycles. The Morgan fingerprint density at radius 2 is 1.82 bits per heavy atom. The predicted octanol–water partition coefficient (Wildman–Crippen LogP) is 2.31. The first-order chi connectivity index (χ1) is 5.34. The lowest BCUT2D eigenvalue weighted by molar-refractivity contribution is 0.610. The molecule has 0 saturated heterocycles. The highest BCUT2D eigenvalue weighted by atomic mass is 19.1. The molecular weight excluding hydrogens is 141 g/mol. The maximum atomic E-state index is 12.5. The summed E-state index contributed by atoms with van der Waals surface area (Å²) in [5.41, 5.74) is 5.78. The molecule has 0 amide bonds. The summed E-state index contributed by atoms with van der Waals surface area (Å²) in [6.07, 6.45) is 0. The number of rotatable bonds is 1. The molecule has 62 valence electrons. The van der Waals surface area contributed by atoms with Gasteiger partial charge in [-0.2, -0.15) is 0 Å². The van der Waals surface area contributed by atoms with Crippen LogP contribution in [0.2, 0.25) is 0 Å². The summed E-state index contributed by atoms with van der Waals surface area (Å²) < 4.78 is 12.5. The van der Waals surface area contributed by atoms with E-state index in [4.69, 9.17) is 5.73 Å². The smallest absolute Gasteiger partial charge is 0.127 e. The molecule has 1 aromatic rings. The SMILES string of the molecule is CC.NCc1ccccc1F. The maximum Gasteiger partial charge on any atom is 0.127 e. The van der Waals surface area contributed by atoms with Gasteiger partial charge in [0.1, 0.15) is 5.82 Å². The summed E-state index contributed by atoms with van der Waals surface area (Å²) in [7, 11) is 0. The third-order valence-corrected chi connectivity index (χ3v) is 1.18. The minimum atomic E-state index is -0.222. The van der Waals surface area contributed by atoms with Gasteiger partial charge in [-0.1, -0.05) is 32.0 Å². The van der Waals surface area contributed by atoms with Crippen molar-refractivity contribution in [2.24, 2.45) is 5.73 Å². The van der Waals surface area contributed by atoms with Crippen molar-refractivity contribution in [3.8, 4) is 0 Å². The normalized spacial score (nSPS) is 8.36. The van der Waals surface area contributed by atoms with Crippen LogP contribution in [0.3, 0.4) is 0 Å². The minimum Gasteiger partial charge on any atom is -0.326 e. The lowest BCUT2D eigenvalue weighted by Gasteiger charge is -1.94. The van der Waals surface area contributed by atoms with E-state index in [9.17, 15) is 4.39 Å². The van der Waals surface area contributed by atoms with Gasteiger partial charge in [-0.15, -0.1) is 0 Å². The van der Waals surface area contributed by atoms with E-state index >= 15 is 0 Å². The summed E-state index contributed by atoms with van der Waals surface area (Å²) >= 11 is 0. The fraction of sp³-hybridized carbons (Fsp3) is 0.333. The summed E-state index contributed by atoms with van der Waals surface area (Å²) in [6, 6.07) is 6.50. The highest BCUT2D eigenvalue weighted by molar-refractivity contribution is 5.16. The second-order valence-electron chi connectivity index (χ2n) is 1.80. The molecule has 0 spiro atoms. The molecule has 2 heteroatoms. The summed E-state index contributed by atoms with van der Waals surface area (Å²) in [5.74, 6) is -0.222. The lowest BCUT2D eigenvalue weighted by atomic mass is 10.2. The van der Waals surface area contributed by atoms with Crippen molar-refractivity contribution in [1.82, 2.24) is 0 Å². The summed E-state index contributed by atoms with van der Waals surface area (Å²) in [4.78, 5) is 0. The van der Waals surface area contributed by atoms with Gasteiger partial charge in [0.2, 0.25) is 0 Å². The van der Waals surface area contributed by atoms with Crippen LogP contribution in [0.15, 0.2) is 24.3 Å². The van der Waals surface area contributed by atoms with E-state index in [1.165, 1.54) is 6.07 Å². The second-order valence-corrected chi connectivity index (χ2v) is 1.80. The van der Waals surface area contributed by atoms with Crippen LogP contribution in [0.4, 0.5) is 4.39 Å². The standard InChI is InChI=1S/C7H8FN.C2H6/c8-7-4-2-1-3-6(7)5-9;1-2/h1-4H,5,9H2;1-2H3. The van der Waals surface area contributed by atoms with Crippen LogP contribution >= 0.6 is 0 Å². The molecule has 0 unspecified atom stereocenters. The highest BCUT2D eigenvalue weighted by Crippen LogP contribution is 2.03. The Balaban J connectivity index is 0.000000461. The van der Waals surface area contributed by atoms with Crippen molar-refractivity contribution in [3.63, 3.8) is 0 Å². The zero-order valence-electron chi connectivity index (χ0n) is 6.97. The van der Waals surface area contributed by atoms with E-state index in [-0.39, 0.29) is 12.4 Å². The molecule has 2 N–H and O–H groups in total. The second kappa shape index (κ2) is 5.86. The highest BCUT2D eigenvalue weighted by Gasteiger charge is 1.94. The molecule has 1 nitrogen and oxygen atoms in total. The Labute approximate surface area is 67.0 Å². The fourth-order valence-electron chi connectivity index (χ4n) is 0.664. The monoisotopic (exact) mass is 155 g/mol. The first kappa shape index (κ1) is 10.1. The van der Waals surface area contributed by atoms with Gasteiger partial charge < -0.3 is 5.73 Å². The zero-order valence-corrected chi connectivity index (χ0v) is 6.97. The van der Waals surface area contributed by atoms with Gasteiger partial charge in [0.05, 0.1) is 0 Å². The molecule has 0 saturated carbocycles. The molecule has 1 aromatic carbocycles. The Kier molecular flexibility index (Phi) is 5.39. The Bertz CT molecular complexity index is 199. The van der Waals surface area contributed by atoms with Gasteiger partial charge in [0, 0.05) is 12.1 Å². The molecule has 0 atom stereocenters. The van der Waals surface area contributed by atoms with Gasteiger partial charge in [-0.3, -0.25) is 0 Å². The summed E-state index contributed by atoms with van der Waals surface area (Å²) in [5, 5.41) is 0. The minimum absolute atomic E-state index is 0.222. The van der Waals surface area contributed by atoms with Crippen LogP contribution in [0.1, 0.15) is 19.4 Å². The zero-order chi connectivity index (χ0) is 8.69. The molecular formula is C9H14FN. The van der Waals surface area contributed by atoms with E-state index in [2.05, 4.69) is 0 Å². The Morgan fingerprint density at radius 1 is 1.27 bits per heavy atom. The van der Waals surface area contributed by atoms with Crippen molar-refractivity contribution < 1.29 is 4.39 Å². The van der Waals surface area contributed by atoms with E-state index < -0.39 is 0 Å². The van der Waals surface area contributed by atoms with Crippen LogP contribution in [0.5, 0.6) is 0 Å². The average molecular weight is 155 g/mol. The van der Waals surface area contributed by atoms with E-state index in [1.54, 1.807) is 18.2 Å². The molecule has 1 rings (SSSR count). The van der Waals surface area contributed by atoms with Gasteiger partial charge in [-0.05, 0) is 6.07 Å². The molecule has 0 radical (unpaired) electrons. The third-order valence-electron chi connectivity index (χ3n) is 1.18.